The lowest BCUT2D eigenvalue weighted by atomic mass is 10.2. The maximum absolute atomic E-state index is 13.2. The van der Waals surface area contributed by atoms with Gasteiger partial charge in [0.1, 0.15) is 23.8 Å². The molecule has 0 aliphatic carbocycles. The molecular weight excluding hydrogens is 267 g/mol. The van der Waals surface area contributed by atoms with E-state index in [-0.39, 0.29) is 5.82 Å². The minimum absolute atomic E-state index is 0.217. The molecule has 21 heavy (non-hydrogen) atoms. The zero-order valence-electron chi connectivity index (χ0n) is 12.7. The van der Waals surface area contributed by atoms with Crippen LogP contribution in [0.25, 0.3) is 0 Å². The van der Waals surface area contributed by atoms with Crippen LogP contribution >= 0.6 is 0 Å². The molecule has 0 spiro atoms. The lowest BCUT2D eigenvalue weighted by Gasteiger charge is -2.21. The average Bonchev–Trinajstić information content (AvgIpc) is 2.46. The molecule has 0 fully saturated rings. The van der Waals surface area contributed by atoms with Crippen LogP contribution in [0.3, 0.4) is 0 Å². The van der Waals surface area contributed by atoms with Gasteiger partial charge in [0.2, 0.25) is 0 Å². The number of anilines is 2. The molecule has 1 aromatic heterocycles. The van der Waals surface area contributed by atoms with Crippen molar-refractivity contribution in [3.8, 4) is 0 Å². The summed E-state index contributed by atoms with van der Waals surface area (Å²) in [4.78, 5) is 10.6. The second-order valence-corrected chi connectivity index (χ2v) is 5.08. The summed E-state index contributed by atoms with van der Waals surface area (Å²) >= 11 is 0. The summed E-state index contributed by atoms with van der Waals surface area (Å²) in [6, 6.07) is 6.63. The first kappa shape index (κ1) is 15.2. The van der Waals surface area contributed by atoms with E-state index in [9.17, 15) is 4.39 Å². The number of halogens is 1. The highest BCUT2D eigenvalue weighted by Gasteiger charge is 2.11. The number of nitrogens with one attached hydrogen (secondary N) is 1. The maximum atomic E-state index is 13.2. The lowest BCUT2D eigenvalue weighted by molar-refractivity contribution is 0.625. The van der Waals surface area contributed by atoms with Crippen molar-refractivity contribution in [3.05, 3.63) is 47.5 Å². The third kappa shape index (κ3) is 3.90. The predicted molar refractivity (Wildman–Crippen MR) is 84.1 cm³/mol. The van der Waals surface area contributed by atoms with Crippen molar-refractivity contribution < 1.29 is 4.39 Å². The van der Waals surface area contributed by atoms with Crippen molar-refractivity contribution in [2.75, 3.05) is 23.8 Å². The van der Waals surface area contributed by atoms with E-state index in [0.717, 1.165) is 35.7 Å². The molecule has 2 rings (SSSR count). The van der Waals surface area contributed by atoms with Crippen molar-refractivity contribution in [3.63, 3.8) is 0 Å². The fourth-order valence-corrected chi connectivity index (χ4v) is 2.23. The third-order valence-corrected chi connectivity index (χ3v) is 3.27. The summed E-state index contributed by atoms with van der Waals surface area (Å²) in [5, 5.41) is 3.29. The molecular formula is C16H21FN4. The van der Waals surface area contributed by atoms with Crippen molar-refractivity contribution in [1.29, 1.82) is 0 Å². The summed E-state index contributed by atoms with van der Waals surface area (Å²) in [6.45, 7) is 5.59. The molecule has 1 heterocycles. The zero-order valence-corrected chi connectivity index (χ0v) is 12.7. The molecule has 5 heteroatoms. The highest BCUT2D eigenvalue weighted by molar-refractivity contribution is 5.57. The van der Waals surface area contributed by atoms with E-state index < -0.39 is 0 Å². The van der Waals surface area contributed by atoms with Gasteiger partial charge in [0.15, 0.2) is 0 Å². The molecule has 2 aromatic rings. The normalized spacial score (nSPS) is 10.5. The fraction of sp³-hybridized carbons (Fsp3) is 0.375. The van der Waals surface area contributed by atoms with Crippen LogP contribution < -0.4 is 10.2 Å². The summed E-state index contributed by atoms with van der Waals surface area (Å²) in [5.41, 5.74) is 1.92. The first-order valence-electron chi connectivity index (χ1n) is 7.13. The van der Waals surface area contributed by atoms with Crippen molar-refractivity contribution in [2.45, 2.75) is 26.8 Å². The Bertz CT molecular complexity index is 601. The van der Waals surface area contributed by atoms with Crippen molar-refractivity contribution in [2.24, 2.45) is 0 Å². The van der Waals surface area contributed by atoms with Gasteiger partial charge in [-0.25, -0.2) is 14.4 Å². The van der Waals surface area contributed by atoms with E-state index in [1.807, 2.05) is 24.9 Å². The van der Waals surface area contributed by atoms with Crippen molar-refractivity contribution >= 4 is 11.6 Å². The number of benzene rings is 1. The number of nitrogens with zero attached hydrogens (tertiary/aromatic N) is 3. The second-order valence-electron chi connectivity index (χ2n) is 5.08. The Morgan fingerprint density at radius 2 is 2.10 bits per heavy atom. The van der Waals surface area contributed by atoms with Crippen LogP contribution in [0.4, 0.5) is 16.0 Å². The Kier molecular flexibility index (Phi) is 5.09. The van der Waals surface area contributed by atoms with Gasteiger partial charge in [-0.2, -0.15) is 0 Å². The summed E-state index contributed by atoms with van der Waals surface area (Å²) in [7, 11) is 1.95. The summed E-state index contributed by atoms with van der Waals surface area (Å²) < 4.78 is 13.2. The topological polar surface area (TPSA) is 41.1 Å². The van der Waals surface area contributed by atoms with E-state index in [1.165, 1.54) is 6.07 Å². The smallest absolute Gasteiger partial charge is 0.137 e. The first-order chi connectivity index (χ1) is 10.1. The molecule has 4 nitrogen and oxygen atoms in total. The summed E-state index contributed by atoms with van der Waals surface area (Å²) in [5.74, 6) is 1.49. The SMILES string of the molecule is CCCNc1ncnc(N(C)Cc2cccc(F)c2)c1C. The van der Waals surface area contributed by atoms with E-state index >= 15 is 0 Å². The largest absolute Gasteiger partial charge is 0.370 e. The molecule has 0 radical (unpaired) electrons. The molecule has 0 unspecified atom stereocenters. The summed E-state index contributed by atoms with van der Waals surface area (Å²) in [6.07, 6.45) is 2.60. The Morgan fingerprint density at radius 3 is 2.81 bits per heavy atom. The minimum Gasteiger partial charge on any atom is -0.370 e. The quantitative estimate of drug-likeness (QED) is 0.884. The standard InChI is InChI=1S/C16H21FN4/c1-4-8-18-15-12(2)16(20-11-19-15)21(3)10-13-6-5-7-14(17)9-13/h5-7,9,11H,4,8,10H2,1-3H3,(H,18,19,20). The number of hydrogen-bond donors (Lipinski definition) is 1. The average molecular weight is 288 g/mol. The Labute approximate surface area is 125 Å². The Hall–Kier alpha value is -2.17. The van der Waals surface area contributed by atoms with Gasteiger partial charge >= 0.3 is 0 Å². The number of hydrogen-bond acceptors (Lipinski definition) is 4. The van der Waals surface area contributed by atoms with Crippen LogP contribution in [0.1, 0.15) is 24.5 Å². The minimum atomic E-state index is -0.217. The molecule has 0 saturated heterocycles. The Morgan fingerprint density at radius 1 is 1.29 bits per heavy atom. The predicted octanol–water partition coefficient (Wildman–Crippen LogP) is 3.38. The first-order valence-corrected chi connectivity index (χ1v) is 7.13. The van der Waals surface area contributed by atoms with Crippen LogP contribution in [0, 0.1) is 12.7 Å². The fourth-order valence-electron chi connectivity index (χ4n) is 2.23. The molecule has 0 atom stereocenters. The third-order valence-electron chi connectivity index (χ3n) is 3.27. The molecule has 0 aliphatic heterocycles. The molecule has 0 bridgehead atoms. The molecule has 112 valence electrons. The molecule has 1 N–H and O–H groups in total. The lowest BCUT2D eigenvalue weighted by Crippen LogP contribution is -2.20. The van der Waals surface area contributed by atoms with E-state index in [1.54, 1.807) is 18.5 Å². The van der Waals surface area contributed by atoms with Crippen LogP contribution in [-0.4, -0.2) is 23.6 Å². The van der Waals surface area contributed by atoms with Gasteiger partial charge in [-0.05, 0) is 31.0 Å². The van der Waals surface area contributed by atoms with Crippen molar-refractivity contribution in [1.82, 2.24) is 9.97 Å². The van der Waals surface area contributed by atoms with Crippen LogP contribution in [0.15, 0.2) is 30.6 Å². The van der Waals surface area contributed by atoms with E-state index in [2.05, 4.69) is 22.2 Å². The number of rotatable bonds is 6. The van der Waals surface area contributed by atoms with Crippen LogP contribution in [-0.2, 0) is 6.54 Å². The maximum Gasteiger partial charge on any atom is 0.137 e. The van der Waals surface area contributed by atoms with Crippen LogP contribution in [0.5, 0.6) is 0 Å². The van der Waals surface area contributed by atoms with Crippen LogP contribution in [0.2, 0.25) is 0 Å². The Balaban J connectivity index is 2.17. The monoisotopic (exact) mass is 288 g/mol. The van der Waals surface area contributed by atoms with E-state index in [0.29, 0.717) is 6.54 Å². The second kappa shape index (κ2) is 7.02. The molecule has 0 amide bonds. The zero-order chi connectivity index (χ0) is 15.2. The van der Waals surface area contributed by atoms with Gasteiger partial charge in [0, 0.05) is 25.7 Å². The van der Waals surface area contributed by atoms with Gasteiger partial charge in [-0.1, -0.05) is 19.1 Å². The molecule has 1 aromatic carbocycles. The van der Waals surface area contributed by atoms with Gasteiger partial charge in [0.05, 0.1) is 0 Å². The van der Waals surface area contributed by atoms with Gasteiger partial charge < -0.3 is 10.2 Å². The number of aromatic nitrogens is 2. The van der Waals surface area contributed by atoms with Gasteiger partial charge in [-0.15, -0.1) is 0 Å². The highest BCUT2D eigenvalue weighted by Crippen LogP contribution is 2.22. The highest BCUT2D eigenvalue weighted by atomic mass is 19.1. The van der Waals surface area contributed by atoms with Gasteiger partial charge in [-0.3, -0.25) is 0 Å². The van der Waals surface area contributed by atoms with E-state index in [4.69, 9.17) is 0 Å². The van der Waals surface area contributed by atoms with Gasteiger partial charge in [0.25, 0.3) is 0 Å². The molecule has 0 aliphatic rings. The molecule has 0 saturated carbocycles.